The van der Waals surface area contributed by atoms with Crippen LogP contribution in [0, 0.1) is 34.5 Å². The molecule has 0 amide bonds. The van der Waals surface area contributed by atoms with Gasteiger partial charge in [0.15, 0.2) is 5.78 Å². The zero-order valence-electron chi connectivity index (χ0n) is 21.7. The second-order valence-electron chi connectivity index (χ2n) is 12.6. The van der Waals surface area contributed by atoms with Gasteiger partial charge in [0.2, 0.25) is 0 Å². The molecule has 188 valence electrons. The Balaban J connectivity index is 1.46. The quantitative estimate of drug-likeness (QED) is 0.326. The van der Waals surface area contributed by atoms with Crippen LogP contribution in [0.15, 0.2) is 0 Å². The van der Waals surface area contributed by atoms with Gasteiger partial charge in [-0.1, -0.05) is 59.3 Å². The first kappa shape index (κ1) is 25.2. The van der Waals surface area contributed by atoms with Crippen LogP contribution in [-0.4, -0.2) is 28.6 Å². The number of carbonyl (C=O) groups is 2. The molecule has 0 radical (unpaired) electrons. The summed E-state index contributed by atoms with van der Waals surface area (Å²) < 4.78 is 5.54. The van der Waals surface area contributed by atoms with E-state index < -0.39 is 5.60 Å². The minimum absolute atomic E-state index is 0.0298. The first-order chi connectivity index (χ1) is 15.7. The lowest BCUT2D eigenvalue weighted by Crippen LogP contribution is -2.68. The minimum atomic E-state index is -1.15. The van der Waals surface area contributed by atoms with Crippen LogP contribution >= 0.6 is 0 Å². The highest BCUT2D eigenvalue weighted by Crippen LogP contribution is 2.68. The van der Waals surface area contributed by atoms with Crippen LogP contribution in [0.4, 0.5) is 0 Å². The Bertz CT molecular complexity index is 733. The number of hydrogen-bond donors (Lipinski definition) is 1. The van der Waals surface area contributed by atoms with Gasteiger partial charge >= 0.3 is 5.97 Å². The summed E-state index contributed by atoms with van der Waals surface area (Å²) >= 11 is 0. The number of unbranched alkanes of at least 4 members (excludes halogenated alkanes) is 5. The molecule has 0 bridgehead atoms. The summed E-state index contributed by atoms with van der Waals surface area (Å²) in [4.78, 5) is 25.2. The summed E-state index contributed by atoms with van der Waals surface area (Å²) in [6.45, 7) is 8.47. The van der Waals surface area contributed by atoms with Gasteiger partial charge in [-0.25, -0.2) is 0 Å². The standard InChI is InChI=1S/C29H48O4/c1-5-6-7-8-9-10-11-21-12-13-24-27(21,3)17-15-25-28(4)16-14-23(33-20(2)30)18-22(28)19-26(31)29(24,25)32/h21-25,32H,5-19H2,1-4H3/t21-,22+,23-,24+,25+,27+,28-,29+/m0/s1. The summed E-state index contributed by atoms with van der Waals surface area (Å²) in [6.07, 6.45) is 16.5. The number of aliphatic hydroxyl groups is 1. The van der Waals surface area contributed by atoms with E-state index in [9.17, 15) is 14.7 Å². The van der Waals surface area contributed by atoms with Gasteiger partial charge in [0.05, 0.1) is 0 Å². The van der Waals surface area contributed by atoms with Crippen molar-refractivity contribution < 1.29 is 19.4 Å². The highest BCUT2D eigenvalue weighted by Gasteiger charge is 2.69. The lowest BCUT2D eigenvalue weighted by Gasteiger charge is -2.63. The van der Waals surface area contributed by atoms with Gasteiger partial charge in [-0.05, 0) is 74.0 Å². The Morgan fingerprint density at radius 1 is 0.970 bits per heavy atom. The monoisotopic (exact) mass is 460 g/mol. The molecule has 4 fully saturated rings. The second-order valence-corrected chi connectivity index (χ2v) is 12.6. The molecule has 4 heteroatoms. The fourth-order valence-corrected chi connectivity index (χ4v) is 9.08. The van der Waals surface area contributed by atoms with E-state index in [1.54, 1.807) is 0 Å². The largest absolute Gasteiger partial charge is 0.463 e. The van der Waals surface area contributed by atoms with Crippen LogP contribution < -0.4 is 0 Å². The molecular weight excluding hydrogens is 412 g/mol. The predicted octanol–water partition coefficient (Wildman–Crippen LogP) is 6.62. The zero-order chi connectivity index (χ0) is 23.9. The Kier molecular flexibility index (Phi) is 7.35. The Labute approximate surface area is 201 Å². The van der Waals surface area contributed by atoms with Gasteiger partial charge in [-0.2, -0.15) is 0 Å². The van der Waals surface area contributed by atoms with E-state index in [0.717, 1.165) is 38.5 Å². The van der Waals surface area contributed by atoms with Crippen molar-refractivity contribution >= 4 is 11.8 Å². The molecule has 4 nitrogen and oxygen atoms in total. The summed E-state index contributed by atoms with van der Waals surface area (Å²) in [5.74, 6) is 0.910. The van der Waals surface area contributed by atoms with Gasteiger partial charge in [0.1, 0.15) is 11.7 Å². The minimum Gasteiger partial charge on any atom is -0.463 e. The lowest BCUT2D eigenvalue weighted by molar-refractivity contribution is -0.219. The number of Topliss-reactive ketones (excluding diaryl/α,β-unsaturated/α-hetero) is 1. The third kappa shape index (κ3) is 4.32. The Hall–Kier alpha value is -0.900. The Morgan fingerprint density at radius 2 is 1.64 bits per heavy atom. The summed E-state index contributed by atoms with van der Waals surface area (Å²) in [5.41, 5.74) is -1.08. The van der Waals surface area contributed by atoms with Crippen molar-refractivity contribution in [2.75, 3.05) is 0 Å². The van der Waals surface area contributed by atoms with E-state index in [1.807, 2.05) is 0 Å². The number of carbonyl (C=O) groups excluding carboxylic acids is 2. The van der Waals surface area contributed by atoms with Gasteiger partial charge in [-0.3, -0.25) is 9.59 Å². The van der Waals surface area contributed by atoms with Gasteiger partial charge in [-0.15, -0.1) is 0 Å². The fraction of sp³-hybridized carbons (Fsp3) is 0.931. The first-order valence-electron chi connectivity index (χ1n) is 14.1. The van der Waals surface area contributed by atoms with Crippen molar-refractivity contribution in [2.24, 2.45) is 34.5 Å². The molecule has 4 rings (SSSR count). The van der Waals surface area contributed by atoms with E-state index in [0.29, 0.717) is 12.3 Å². The normalized spacial score (nSPS) is 44.6. The maximum Gasteiger partial charge on any atom is 0.302 e. The SMILES string of the molecule is CCCCCCCC[C@H]1CC[C@@H]2[C@]1(C)CC[C@@H]1[C@@]3(C)CC[C@H](OC(C)=O)C[C@@H]3CC(=O)[C@]12O. The van der Waals surface area contributed by atoms with Crippen LogP contribution in [-0.2, 0) is 14.3 Å². The lowest BCUT2D eigenvalue weighted by atomic mass is 9.42. The van der Waals surface area contributed by atoms with E-state index in [1.165, 1.54) is 58.3 Å². The van der Waals surface area contributed by atoms with Gasteiger partial charge in [0.25, 0.3) is 0 Å². The molecule has 4 aliphatic rings. The average molecular weight is 461 g/mol. The molecule has 33 heavy (non-hydrogen) atoms. The topological polar surface area (TPSA) is 63.6 Å². The molecule has 0 heterocycles. The molecule has 0 aromatic rings. The average Bonchev–Trinajstić information content (AvgIpc) is 3.09. The van der Waals surface area contributed by atoms with Crippen molar-refractivity contribution in [1.82, 2.24) is 0 Å². The molecule has 4 saturated carbocycles. The number of ether oxygens (including phenoxy) is 1. The number of fused-ring (bicyclic) bond motifs is 5. The zero-order valence-corrected chi connectivity index (χ0v) is 21.7. The van der Waals surface area contributed by atoms with Crippen LogP contribution in [0.3, 0.4) is 0 Å². The number of esters is 1. The van der Waals surface area contributed by atoms with Crippen LogP contribution in [0.1, 0.15) is 124 Å². The molecule has 0 aliphatic heterocycles. The second kappa shape index (κ2) is 9.63. The number of rotatable bonds is 8. The van der Waals surface area contributed by atoms with E-state index in [4.69, 9.17) is 4.74 Å². The Morgan fingerprint density at radius 3 is 2.36 bits per heavy atom. The summed E-state index contributed by atoms with van der Waals surface area (Å²) in [5, 5.41) is 12.3. The molecule has 0 saturated heterocycles. The fourth-order valence-electron chi connectivity index (χ4n) is 9.08. The van der Waals surface area contributed by atoms with Crippen molar-refractivity contribution in [2.45, 2.75) is 136 Å². The molecule has 8 atom stereocenters. The molecule has 0 aromatic carbocycles. The summed E-state index contributed by atoms with van der Waals surface area (Å²) in [6, 6.07) is 0. The van der Waals surface area contributed by atoms with Crippen molar-refractivity contribution in [3.8, 4) is 0 Å². The predicted molar refractivity (Wildman–Crippen MR) is 131 cm³/mol. The van der Waals surface area contributed by atoms with Crippen molar-refractivity contribution in [1.29, 1.82) is 0 Å². The molecule has 0 aromatic heterocycles. The van der Waals surface area contributed by atoms with Gasteiger partial charge < -0.3 is 9.84 Å². The third-order valence-electron chi connectivity index (χ3n) is 11.0. The molecule has 0 spiro atoms. The third-order valence-corrected chi connectivity index (χ3v) is 11.0. The molecular formula is C29H48O4. The first-order valence-corrected chi connectivity index (χ1v) is 14.1. The smallest absolute Gasteiger partial charge is 0.302 e. The molecule has 0 unspecified atom stereocenters. The van der Waals surface area contributed by atoms with Crippen LogP contribution in [0.5, 0.6) is 0 Å². The van der Waals surface area contributed by atoms with Crippen LogP contribution in [0.25, 0.3) is 0 Å². The number of ketones is 1. The maximum atomic E-state index is 13.7. The van der Waals surface area contributed by atoms with Crippen molar-refractivity contribution in [3.63, 3.8) is 0 Å². The molecule has 1 N–H and O–H groups in total. The highest BCUT2D eigenvalue weighted by atomic mass is 16.5. The van der Waals surface area contributed by atoms with E-state index >= 15 is 0 Å². The van der Waals surface area contributed by atoms with E-state index in [2.05, 4.69) is 20.8 Å². The molecule has 4 aliphatic carbocycles. The van der Waals surface area contributed by atoms with Crippen molar-refractivity contribution in [3.05, 3.63) is 0 Å². The van der Waals surface area contributed by atoms with E-state index in [-0.39, 0.29) is 46.4 Å². The highest BCUT2D eigenvalue weighted by molar-refractivity contribution is 5.89. The number of hydrogen-bond acceptors (Lipinski definition) is 4. The summed E-state index contributed by atoms with van der Waals surface area (Å²) in [7, 11) is 0. The maximum absolute atomic E-state index is 13.7. The van der Waals surface area contributed by atoms with Crippen LogP contribution in [0.2, 0.25) is 0 Å². The van der Waals surface area contributed by atoms with Gasteiger partial charge in [0, 0.05) is 25.2 Å².